The maximum absolute atomic E-state index is 6.13. The molecule has 2 atom stereocenters. The Morgan fingerprint density at radius 2 is 2.05 bits per heavy atom. The van der Waals surface area contributed by atoms with Gasteiger partial charge >= 0.3 is 0 Å². The molecule has 1 N–H and O–H groups in total. The minimum Gasteiger partial charge on any atom is -0.381 e. The van der Waals surface area contributed by atoms with Gasteiger partial charge in [0, 0.05) is 29.0 Å². The Bertz CT molecular complexity index is 548. The van der Waals surface area contributed by atoms with E-state index < -0.39 is 0 Å². The van der Waals surface area contributed by atoms with Gasteiger partial charge in [0.1, 0.15) is 0 Å². The Hall–Kier alpha value is -0.390. The van der Waals surface area contributed by atoms with Crippen molar-refractivity contribution in [2.75, 3.05) is 13.2 Å². The lowest BCUT2D eigenvalue weighted by Crippen LogP contribution is -2.38. The Balaban J connectivity index is 1.76. The molecule has 2 nitrogen and oxygen atoms in total. The van der Waals surface area contributed by atoms with Gasteiger partial charge in [-0.3, -0.25) is 0 Å². The topological polar surface area (TPSA) is 21.3 Å². The molecule has 0 aromatic carbocycles. The third-order valence-electron chi connectivity index (χ3n) is 4.11. The SMILES string of the molecule is CC(NC(c1cccs1)c1ccc(Cl)s1)C1CCOCC1. The Morgan fingerprint density at radius 3 is 2.67 bits per heavy atom. The van der Waals surface area contributed by atoms with Crippen molar-refractivity contribution in [3.8, 4) is 0 Å². The molecule has 1 saturated heterocycles. The summed E-state index contributed by atoms with van der Waals surface area (Å²) in [5.74, 6) is 0.691. The molecule has 3 rings (SSSR count). The number of ether oxygens (including phenoxy) is 1. The van der Waals surface area contributed by atoms with Crippen LogP contribution in [0.4, 0.5) is 0 Å². The van der Waals surface area contributed by atoms with Gasteiger partial charge in [0.25, 0.3) is 0 Å². The van der Waals surface area contributed by atoms with Gasteiger partial charge in [-0.2, -0.15) is 0 Å². The molecule has 0 amide bonds. The highest BCUT2D eigenvalue weighted by atomic mass is 35.5. The predicted molar refractivity (Wildman–Crippen MR) is 91.6 cm³/mol. The van der Waals surface area contributed by atoms with E-state index in [1.807, 2.05) is 6.07 Å². The molecular formula is C16H20ClNOS2. The smallest absolute Gasteiger partial charge is 0.0931 e. The molecule has 1 fully saturated rings. The average Bonchev–Trinajstić information content (AvgIpc) is 3.17. The molecule has 114 valence electrons. The van der Waals surface area contributed by atoms with Gasteiger partial charge in [-0.1, -0.05) is 17.7 Å². The van der Waals surface area contributed by atoms with E-state index in [0.717, 1.165) is 30.4 Å². The molecular weight excluding hydrogens is 322 g/mol. The number of thiophene rings is 2. The van der Waals surface area contributed by atoms with Gasteiger partial charge in [-0.05, 0) is 49.3 Å². The van der Waals surface area contributed by atoms with E-state index >= 15 is 0 Å². The number of hydrogen-bond acceptors (Lipinski definition) is 4. The quantitative estimate of drug-likeness (QED) is 0.830. The van der Waals surface area contributed by atoms with E-state index in [1.165, 1.54) is 9.75 Å². The molecule has 0 spiro atoms. The van der Waals surface area contributed by atoms with Crippen molar-refractivity contribution in [2.45, 2.75) is 31.8 Å². The average molecular weight is 342 g/mol. The second-order valence-electron chi connectivity index (χ2n) is 5.50. The fourth-order valence-corrected chi connectivity index (χ4v) is 4.88. The number of hydrogen-bond donors (Lipinski definition) is 1. The van der Waals surface area contributed by atoms with Crippen LogP contribution < -0.4 is 5.32 Å². The number of rotatable bonds is 5. The van der Waals surface area contributed by atoms with Crippen molar-refractivity contribution in [1.29, 1.82) is 0 Å². The highest BCUT2D eigenvalue weighted by Crippen LogP contribution is 2.34. The first-order valence-corrected chi connectivity index (χ1v) is 9.44. The molecule has 1 aliphatic rings. The Labute approximate surface area is 139 Å². The van der Waals surface area contributed by atoms with Gasteiger partial charge in [-0.15, -0.1) is 22.7 Å². The lowest BCUT2D eigenvalue weighted by molar-refractivity contribution is 0.0551. The maximum atomic E-state index is 6.13. The van der Waals surface area contributed by atoms with E-state index in [0.29, 0.717) is 12.0 Å². The molecule has 2 aromatic rings. The van der Waals surface area contributed by atoms with Crippen molar-refractivity contribution in [2.24, 2.45) is 5.92 Å². The van der Waals surface area contributed by atoms with Crippen molar-refractivity contribution < 1.29 is 4.74 Å². The monoisotopic (exact) mass is 341 g/mol. The van der Waals surface area contributed by atoms with Crippen LogP contribution in [0.3, 0.4) is 0 Å². The van der Waals surface area contributed by atoms with Crippen LogP contribution in [-0.2, 0) is 4.74 Å². The van der Waals surface area contributed by atoms with Gasteiger partial charge < -0.3 is 10.1 Å². The number of halogens is 1. The molecule has 1 aliphatic heterocycles. The van der Waals surface area contributed by atoms with Crippen molar-refractivity contribution >= 4 is 34.3 Å². The molecule has 0 aliphatic carbocycles. The lowest BCUT2D eigenvalue weighted by atomic mass is 9.92. The van der Waals surface area contributed by atoms with Crippen LogP contribution in [0, 0.1) is 5.92 Å². The lowest BCUT2D eigenvalue weighted by Gasteiger charge is -2.31. The van der Waals surface area contributed by atoms with E-state index in [4.69, 9.17) is 16.3 Å². The molecule has 0 bridgehead atoms. The molecule has 2 unspecified atom stereocenters. The summed E-state index contributed by atoms with van der Waals surface area (Å²) >= 11 is 9.60. The first-order chi connectivity index (χ1) is 10.2. The normalized spacial score (nSPS) is 19.5. The summed E-state index contributed by atoms with van der Waals surface area (Å²) in [6, 6.07) is 9.17. The molecule has 5 heteroatoms. The van der Waals surface area contributed by atoms with E-state index in [2.05, 4.69) is 35.8 Å². The molecule has 2 aromatic heterocycles. The van der Waals surface area contributed by atoms with Gasteiger partial charge in [0.05, 0.1) is 10.4 Å². The fourth-order valence-electron chi connectivity index (χ4n) is 2.86. The zero-order valence-electron chi connectivity index (χ0n) is 12.0. The minimum absolute atomic E-state index is 0.250. The van der Waals surface area contributed by atoms with Crippen molar-refractivity contribution in [3.63, 3.8) is 0 Å². The molecule has 3 heterocycles. The maximum Gasteiger partial charge on any atom is 0.0931 e. The highest BCUT2D eigenvalue weighted by Gasteiger charge is 2.25. The van der Waals surface area contributed by atoms with Crippen LogP contribution in [-0.4, -0.2) is 19.3 Å². The molecule has 0 radical (unpaired) electrons. The summed E-state index contributed by atoms with van der Waals surface area (Å²) < 4.78 is 6.33. The molecule has 21 heavy (non-hydrogen) atoms. The van der Waals surface area contributed by atoms with Crippen molar-refractivity contribution in [1.82, 2.24) is 5.32 Å². The summed E-state index contributed by atoms with van der Waals surface area (Å²) in [6.45, 7) is 4.09. The highest BCUT2D eigenvalue weighted by molar-refractivity contribution is 7.16. The first kappa shape index (κ1) is 15.5. The van der Waals surface area contributed by atoms with Crippen LogP contribution >= 0.6 is 34.3 Å². The third-order valence-corrected chi connectivity index (χ3v) is 6.34. The largest absolute Gasteiger partial charge is 0.381 e. The van der Waals surface area contributed by atoms with E-state index in [1.54, 1.807) is 22.7 Å². The standard InChI is InChI=1S/C16H20ClNOS2/c1-11(12-6-8-19-9-7-12)18-16(13-3-2-10-20-13)14-4-5-15(17)21-14/h2-5,10-12,16,18H,6-9H2,1H3. The number of nitrogens with one attached hydrogen (secondary N) is 1. The van der Waals surface area contributed by atoms with Crippen LogP contribution in [0.5, 0.6) is 0 Å². The summed E-state index contributed by atoms with van der Waals surface area (Å²) in [6.07, 6.45) is 2.30. The van der Waals surface area contributed by atoms with Gasteiger partial charge in [0.15, 0.2) is 0 Å². The zero-order chi connectivity index (χ0) is 14.7. The second-order valence-corrected chi connectivity index (χ2v) is 8.22. The van der Waals surface area contributed by atoms with Gasteiger partial charge in [-0.25, -0.2) is 0 Å². The zero-order valence-corrected chi connectivity index (χ0v) is 14.4. The van der Waals surface area contributed by atoms with Gasteiger partial charge in [0.2, 0.25) is 0 Å². The fraction of sp³-hybridized carbons (Fsp3) is 0.500. The summed E-state index contributed by atoms with van der Waals surface area (Å²) in [5.41, 5.74) is 0. The van der Waals surface area contributed by atoms with Crippen LogP contribution in [0.25, 0.3) is 0 Å². The molecule has 0 saturated carbocycles. The predicted octanol–water partition coefficient (Wildman–Crippen LogP) is 4.96. The Morgan fingerprint density at radius 1 is 1.24 bits per heavy atom. The third kappa shape index (κ3) is 3.88. The minimum atomic E-state index is 0.250. The van der Waals surface area contributed by atoms with Crippen molar-refractivity contribution in [3.05, 3.63) is 43.7 Å². The summed E-state index contributed by atoms with van der Waals surface area (Å²) in [5, 5.41) is 5.96. The summed E-state index contributed by atoms with van der Waals surface area (Å²) in [7, 11) is 0. The van der Waals surface area contributed by atoms with Crippen LogP contribution in [0.1, 0.15) is 35.6 Å². The van der Waals surface area contributed by atoms with E-state index in [-0.39, 0.29) is 6.04 Å². The first-order valence-electron chi connectivity index (χ1n) is 7.36. The van der Waals surface area contributed by atoms with Crippen LogP contribution in [0.2, 0.25) is 4.34 Å². The Kier molecular flexibility index (Phi) is 5.35. The van der Waals surface area contributed by atoms with Crippen LogP contribution in [0.15, 0.2) is 29.6 Å². The van der Waals surface area contributed by atoms with E-state index in [9.17, 15) is 0 Å². The summed E-state index contributed by atoms with van der Waals surface area (Å²) in [4.78, 5) is 2.65. The second kappa shape index (κ2) is 7.25.